The Hall–Kier alpha value is -1.56. The van der Waals surface area contributed by atoms with E-state index in [4.69, 9.17) is 4.74 Å². The number of aromatic nitrogens is 2. The molecule has 0 radical (unpaired) electrons. The highest BCUT2D eigenvalue weighted by atomic mass is 79.9. The van der Waals surface area contributed by atoms with Crippen molar-refractivity contribution in [1.82, 2.24) is 10.2 Å². The zero-order chi connectivity index (χ0) is 10.7. The van der Waals surface area contributed by atoms with E-state index in [1.807, 2.05) is 18.2 Å². The third-order valence-corrected chi connectivity index (χ3v) is 2.13. The molecule has 1 aromatic heterocycles. The molecule has 1 heterocycles. The second-order valence-corrected chi connectivity index (χ2v) is 3.67. The summed E-state index contributed by atoms with van der Waals surface area (Å²) in [4.78, 5) is 10.6. The molecule has 0 bridgehead atoms. The lowest BCUT2D eigenvalue weighted by molar-refractivity contribution is 0.259. The van der Waals surface area contributed by atoms with E-state index in [1.54, 1.807) is 6.07 Å². The molecule has 0 saturated carbocycles. The van der Waals surface area contributed by atoms with Crippen molar-refractivity contribution in [3.63, 3.8) is 0 Å². The van der Waals surface area contributed by atoms with Gasteiger partial charge in [0, 0.05) is 4.47 Å². The molecule has 0 spiro atoms. The van der Waals surface area contributed by atoms with Crippen LogP contribution in [-0.4, -0.2) is 10.2 Å². The predicted octanol–water partition coefficient (Wildman–Crippen LogP) is 1.70. The number of rotatable bonds is 3. The number of hydrogen-bond donors (Lipinski definition) is 1. The summed E-state index contributed by atoms with van der Waals surface area (Å²) in [5.41, 5.74) is 0. The van der Waals surface area contributed by atoms with Gasteiger partial charge < -0.3 is 9.15 Å². The summed E-state index contributed by atoms with van der Waals surface area (Å²) in [5, 5.41) is 5.77. The summed E-state index contributed by atoms with van der Waals surface area (Å²) < 4.78 is 10.9. The Kier molecular flexibility index (Phi) is 2.86. The molecule has 0 aliphatic heterocycles. The average Bonchev–Trinajstić information content (AvgIpc) is 2.62. The molecule has 0 unspecified atom stereocenters. The fraction of sp³-hybridized carbons (Fsp3) is 0.111. The zero-order valence-corrected chi connectivity index (χ0v) is 9.15. The predicted molar refractivity (Wildman–Crippen MR) is 55.6 cm³/mol. The number of benzene rings is 1. The first-order valence-corrected chi connectivity index (χ1v) is 4.96. The Morgan fingerprint density at radius 2 is 2.40 bits per heavy atom. The minimum atomic E-state index is -0.581. The first-order valence-electron chi connectivity index (χ1n) is 4.17. The van der Waals surface area contributed by atoms with Crippen LogP contribution in [-0.2, 0) is 6.61 Å². The Morgan fingerprint density at radius 1 is 1.53 bits per heavy atom. The first kappa shape index (κ1) is 9.97. The van der Waals surface area contributed by atoms with E-state index in [9.17, 15) is 4.79 Å². The van der Waals surface area contributed by atoms with Gasteiger partial charge >= 0.3 is 5.76 Å². The van der Waals surface area contributed by atoms with Crippen LogP contribution in [0, 0.1) is 0 Å². The maximum absolute atomic E-state index is 10.6. The van der Waals surface area contributed by atoms with Crippen LogP contribution in [0.1, 0.15) is 5.89 Å². The molecular formula is C9H7BrN2O3. The highest BCUT2D eigenvalue weighted by Crippen LogP contribution is 2.18. The summed E-state index contributed by atoms with van der Waals surface area (Å²) in [6.07, 6.45) is 0. The molecule has 2 rings (SSSR count). The smallest absolute Gasteiger partial charge is 0.434 e. The molecule has 0 atom stereocenters. The molecule has 1 N–H and O–H groups in total. The summed E-state index contributed by atoms with van der Waals surface area (Å²) in [6.45, 7) is 0.120. The second kappa shape index (κ2) is 4.31. The molecular weight excluding hydrogens is 264 g/mol. The highest BCUT2D eigenvalue weighted by Gasteiger charge is 2.02. The van der Waals surface area contributed by atoms with Crippen molar-refractivity contribution in [2.24, 2.45) is 0 Å². The Morgan fingerprint density at radius 3 is 3.07 bits per heavy atom. The van der Waals surface area contributed by atoms with Crippen molar-refractivity contribution < 1.29 is 9.15 Å². The van der Waals surface area contributed by atoms with Crippen LogP contribution in [0.15, 0.2) is 37.9 Å². The molecule has 6 heteroatoms. The van der Waals surface area contributed by atoms with Gasteiger partial charge in [-0.3, -0.25) is 0 Å². The summed E-state index contributed by atoms with van der Waals surface area (Å²) in [7, 11) is 0. The monoisotopic (exact) mass is 270 g/mol. The van der Waals surface area contributed by atoms with E-state index in [0.29, 0.717) is 5.75 Å². The maximum Gasteiger partial charge on any atom is 0.434 e. The van der Waals surface area contributed by atoms with Crippen LogP contribution in [0.5, 0.6) is 5.75 Å². The summed E-state index contributed by atoms with van der Waals surface area (Å²) in [5.74, 6) is 0.317. The number of hydrogen-bond acceptors (Lipinski definition) is 4. The fourth-order valence-electron chi connectivity index (χ4n) is 1.02. The summed E-state index contributed by atoms with van der Waals surface area (Å²) >= 11 is 3.32. The van der Waals surface area contributed by atoms with Gasteiger partial charge in [-0.2, -0.15) is 0 Å². The van der Waals surface area contributed by atoms with Crippen LogP contribution < -0.4 is 10.5 Å². The van der Waals surface area contributed by atoms with E-state index in [0.717, 1.165) is 4.47 Å². The van der Waals surface area contributed by atoms with Gasteiger partial charge in [0.25, 0.3) is 5.89 Å². The maximum atomic E-state index is 10.6. The van der Waals surface area contributed by atoms with Crippen LogP contribution in [0.25, 0.3) is 0 Å². The van der Waals surface area contributed by atoms with Crippen LogP contribution in [0.4, 0.5) is 0 Å². The minimum absolute atomic E-state index is 0.120. The number of ether oxygens (including phenoxy) is 1. The SMILES string of the molecule is O=c1[nH]nc(COc2cccc(Br)c2)o1. The lowest BCUT2D eigenvalue weighted by Gasteiger charge is -2.02. The number of nitrogens with zero attached hydrogens (tertiary/aromatic N) is 1. The lowest BCUT2D eigenvalue weighted by Crippen LogP contribution is -1.96. The summed E-state index contributed by atoms with van der Waals surface area (Å²) in [6, 6.07) is 7.35. The third-order valence-electron chi connectivity index (χ3n) is 1.64. The standard InChI is InChI=1S/C9H7BrN2O3/c10-6-2-1-3-7(4-6)14-5-8-11-12-9(13)15-8/h1-4H,5H2,(H,12,13). The van der Waals surface area contributed by atoms with E-state index in [2.05, 4.69) is 30.5 Å². The van der Waals surface area contributed by atoms with Crippen molar-refractivity contribution in [3.05, 3.63) is 45.2 Å². The van der Waals surface area contributed by atoms with Gasteiger partial charge in [0.05, 0.1) is 0 Å². The number of nitrogens with one attached hydrogen (secondary N) is 1. The average molecular weight is 271 g/mol. The van der Waals surface area contributed by atoms with Gasteiger partial charge in [-0.25, -0.2) is 9.89 Å². The van der Waals surface area contributed by atoms with E-state index < -0.39 is 5.76 Å². The molecule has 15 heavy (non-hydrogen) atoms. The number of aromatic amines is 1. The number of halogens is 1. The van der Waals surface area contributed by atoms with Gasteiger partial charge in [-0.1, -0.05) is 22.0 Å². The van der Waals surface area contributed by atoms with Crippen LogP contribution >= 0.6 is 15.9 Å². The van der Waals surface area contributed by atoms with Gasteiger partial charge in [0.1, 0.15) is 5.75 Å². The normalized spacial score (nSPS) is 10.2. The largest absolute Gasteiger partial charge is 0.484 e. The molecule has 78 valence electrons. The van der Waals surface area contributed by atoms with Gasteiger partial charge in [0.2, 0.25) is 0 Å². The van der Waals surface area contributed by atoms with Crippen molar-refractivity contribution in [2.45, 2.75) is 6.61 Å². The van der Waals surface area contributed by atoms with Crippen molar-refractivity contribution in [3.8, 4) is 5.75 Å². The Balaban J connectivity index is 2.02. The van der Waals surface area contributed by atoms with Crippen molar-refractivity contribution in [2.75, 3.05) is 0 Å². The zero-order valence-electron chi connectivity index (χ0n) is 7.57. The molecule has 2 aromatic rings. The lowest BCUT2D eigenvalue weighted by atomic mass is 10.3. The quantitative estimate of drug-likeness (QED) is 0.922. The van der Waals surface area contributed by atoms with Gasteiger partial charge in [-0.05, 0) is 18.2 Å². The van der Waals surface area contributed by atoms with Crippen molar-refractivity contribution in [1.29, 1.82) is 0 Å². The molecule has 5 nitrogen and oxygen atoms in total. The molecule has 1 aromatic carbocycles. The first-order chi connectivity index (χ1) is 7.24. The van der Waals surface area contributed by atoms with Crippen LogP contribution in [0.2, 0.25) is 0 Å². The van der Waals surface area contributed by atoms with Gasteiger partial charge in [-0.15, -0.1) is 5.10 Å². The van der Waals surface area contributed by atoms with E-state index in [-0.39, 0.29) is 12.5 Å². The van der Waals surface area contributed by atoms with Gasteiger partial charge in [0.15, 0.2) is 6.61 Å². The minimum Gasteiger partial charge on any atom is -0.484 e. The Bertz CT molecular complexity index is 506. The molecule has 0 saturated heterocycles. The number of H-pyrrole nitrogens is 1. The van der Waals surface area contributed by atoms with Crippen molar-refractivity contribution >= 4 is 15.9 Å². The molecule has 0 aliphatic carbocycles. The topological polar surface area (TPSA) is 68.1 Å². The van der Waals surface area contributed by atoms with E-state index >= 15 is 0 Å². The molecule has 0 amide bonds. The molecule has 0 fully saturated rings. The van der Waals surface area contributed by atoms with Crippen LogP contribution in [0.3, 0.4) is 0 Å². The molecule has 0 aliphatic rings. The Labute approximate surface area is 93.2 Å². The second-order valence-electron chi connectivity index (χ2n) is 2.75. The fourth-order valence-corrected chi connectivity index (χ4v) is 1.40. The van der Waals surface area contributed by atoms with E-state index in [1.165, 1.54) is 0 Å². The third kappa shape index (κ3) is 2.69. The highest BCUT2D eigenvalue weighted by molar-refractivity contribution is 9.10.